The Morgan fingerprint density at radius 2 is 1.70 bits per heavy atom. The van der Waals surface area contributed by atoms with Crippen LogP contribution in [0.25, 0.3) is 11.1 Å². The minimum atomic E-state index is -3.35. The third-order valence-corrected chi connectivity index (χ3v) is 5.19. The molecule has 0 atom stereocenters. The third kappa shape index (κ3) is 4.54. The molecule has 0 spiro atoms. The lowest BCUT2D eigenvalue weighted by atomic mass is 9.99. The van der Waals surface area contributed by atoms with Crippen molar-refractivity contribution in [1.29, 1.82) is 0 Å². The lowest BCUT2D eigenvalue weighted by Crippen LogP contribution is -2.13. The van der Waals surface area contributed by atoms with Gasteiger partial charge < -0.3 is 10.5 Å². The number of nitrogens with two attached hydrogens (primary N) is 1. The summed E-state index contributed by atoms with van der Waals surface area (Å²) in [6.45, 7) is 0.363. The van der Waals surface area contributed by atoms with Gasteiger partial charge in [-0.2, -0.15) is 0 Å². The van der Waals surface area contributed by atoms with E-state index in [1.54, 1.807) is 30.3 Å². The van der Waals surface area contributed by atoms with Gasteiger partial charge in [0.2, 0.25) is 5.91 Å². The first-order chi connectivity index (χ1) is 12.8. The van der Waals surface area contributed by atoms with Gasteiger partial charge in [0.15, 0.2) is 9.84 Å². The molecule has 0 radical (unpaired) electrons. The van der Waals surface area contributed by atoms with Crippen molar-refractivity contribution >= 4 is 15.7 Å². The predicted molar refractivity (Wildman–Crippen MR) is 104 cm³/mol. The van der Waals surface area contributed by atoms with Crippen LogP contribution in [-0.2, 0) is 16.4 Å². The predicted octanol–water partition coefficient (Wildman–Crippen LogP) is 3.44. The number of carbonyl (C=O) groups excluding carboxylic acids is 1. The molecule has 3 rings (SSSR count). The molecule has 0 bridgehead atoms. The lowest BCUT2D eigenvalue weighted by molar-refractivity contribution is 0.100. The Labute approximate surface area is 158 Å². The van der Waals surface area contributed by atoms with Crippen LogP contribution < -0.4 is 10.5 Å². The molecular weight excluding hydrogens is 362 g/mol. The maximum Gasteiger partial charge on any atom is 0.249 e. The van der Waals surface area contributed by atoms with Crippen LogP contribution >= 0.6 is 0 Å². The smallest absolute Gasteiger partial charge is 0.249 e. The number of sulfone groups is 1. The Morgan fingerprint density at radius 1 is 0.963 bits per heavy atom. The summed E-state index contributed by atoms with van der Waals surface area (Å²) in [5, 5.41) is 0. The second-order valence-corrected chi connectivity index (χ2v) is 8.16. The Morgan fingerprint density at radius 3 is 2.37 bits per heavy atom. The van der Waals surface area contributed by atoms with Gasteiger partial charge >= 0.3 is 0 Å². The third-order valence-electron chi connectivity index (χ3n) is 4.08. The van der Waals surface area contributed by atoms with Crippen molar-refractivity contribution in [3.8, 4) is 16.9 Å². The zero-order chi connectivity index (χ0) is 19.4. The van der Waals surface area contributed by atoms with Crippen LogP contribution in [0.2, 0.25) is 0 Å². The highest BCUT2D eigenvalue weighted by atomic mass is 32.2. The molecule has 0 fully saturated rings. The van der Waals surface area contributed by atoms with Crippen molar-refractivity contribution < 1.29 is 17.9 Å². The average molecular weight is 381 g/mol. The van der Waals surface area contributed by atoms with Crippen molar-refractivity contribution in [1.82, 2.24) is 0 Å². The summed E-state index contributed by atoms with van der Waals surface area (Å²) in [5.41, 5.74) is 7.97. The van der Waals surface area contributed by atoms with Gasteiger partial charge in [-0.05, 0) is 47.0 Å². The van der Waals surface area contributed by atoms with Crippen molar-refractivity contribution in [2.75, 3.05) is 6.26 Å². The van der Waals surface area contributed by atoms with Gasteiger partial charge in [-0.15, -0.1) is 0 Å². The molecule has 0 aliphatic heterocycles. The molecule has 2 N–H and O–H groups in total. The van der Waals surface area contributed by atoms with Crippen LogP contribution in [0.5, 0.6) is 5.75 Å². The Kier molecular flexibility index (Phi) is 5.28. The summed E-state index contributed by atoms with van der Waals surface area (Å²) in [5.74, 6) is -0.101. The first-order valence-electron chi connectivity index (χ1n) is 8.25. The topological polar surface area (TPSA) is 86.5 Å². The molecule has 1 amide bonds. The van der Waals surface area contributed by atoms with E-state index in [1.165, 1.54) is 12.1 Å². The number of benzene rings is 3. The highest BCUT2D eigenvalue weighted by molar-refractivity contribution is 7.90. The molecule has 0 aliphatic rings. The number of amides is 1. The highest BCUT2D eigenvalue weighted by Crippen LogP contribution is 2.29. The van der Waals surface area contributed by atoms with E-state index < -0.39 is 15.7 Å². The van der Waals surface area contributed by atoms with E-state index in [4.69, 9.17) is 10.5 Å². The van der Waals surface area contributed by atoms with E-state index in [-0.39, 0.29) is 10.5 Å². The van der Waals surface area contributed by atoms with E-state index in [2.05, 4.69) is 0 Å². The van der Waals surface area contributed by atoms with Crippen molar-refractivity contribution in [3.63, 3.8) is 0 Å². The van der Waals surface area contributed by atoms with Gasteiger partial charge in [-0.3, -0.25) is 4.79 Å². The summed E-state index contributed by atoms with van der Waals surface area (Å²) in [7, 11) is -3.35. The summed E-state index contributed by atoms with van der Waals surface area (Å²) in [4.78, 5) is 12.1. The number of primary amides is 1. The number of ether oxygens (including phenoxy) is 1. The molecule has 5 nitrogen and oxygen atoms in total. The zero-order valence-electron chi connectivity index (χ0n) is 14.8. The van der Waals surface area contributed by atoms with E-state index in [0.717, 1.165) is 11.8 Å². The Balaban J connectivity index is 1.94. The molecule has 3 aromatic rings. The maximum atomic E-state index is 12.0. The van der Waals surface area contributed by atoms with Gasteiger partial charge in [0.25, 0.3) is 0 Å². The van der Waals surface area contributed by atoms with Crippen molar-refractivity contribution in [2.24, 2.45) is 5.73 Å². The second kappa shape index (κ2) is 7.63. The molecule has 3 aromatic carbocycles. The van der Waals surface area contributed by atoms with E-state index in [0.29, 0.717) is 23.5 Å². The van der Waals surface area contributed by atoms with Crippen LogP contribution in [0.1, 0.15) is 15.9 Å². The molecular formula is C21H19NO4S. The number of carbonyl (C=O) groups is 1. The van der Waals surface area contributed by atoms with Crippen LogP contribution in [-0.4, -0.2) is 20.6 Å². The summed E-state index contributed by atoms with van der Waals surface area (Å²) in [6, 6.07) is 21.1. The normalized spacial score (nSPS) is 11.1. The van der Waals surface area contributed by atoms with Gasteiger partial charge in [0, 0.05) is 6.26 Å². The molecule has 0 saturated heterocycles. The molecule has 0 unspecified atom stereocenters. The van der Waals surface area contributed by atoms with E-state index >= 15 is 0 Å². The van der Waals surface area contributed by atoms with Gasteiger partial charge in [-0.1, -0.05) is 42.5 Å². The fraction of sp³-hybridized carbons (Fsp3) is 0.0952. The Bertz CT molecular complexity index is 1080. The summed E-state index contributed by atoms with van der Waals surface area (Å²) >= 11 is 0. The fourth-order valence-corrected chi connectivity index (χ4v) is 3.37. The van der Waals surface area contributed by atoms with E-state index in [9.17, 15) is 13.2 Å². The first kappa shape index (κ1) is 18.7. The molecule has 138 valence electrons. The van der Waals surface area contributed by atoms with Crippen molar-refractivity contribution in [2.45, 2.75) is 11.5 Å². The summed E-state index contributed by atoms with van der Waals surface area (Å²) < 4.78 is 29.3. The van der Waals surface area contributed by atoms with Gasteiger partial charge in [-0.25, -0.2) is 8.42 Å². The van der Waals surface area contributed by atoms with Crippen LogP contribution in [0, 0.1) is 0 Å². The monoisotopic (exact) mass is 381 g/mol. The lowest BCUT2D eigenvalue weighted by Gasteiger charge is -2.12. The Hall–Kier alpha value is -3.12. The van der Waals surface area contributed by atoms with Gasteiger partial charge in [0.05, 0.1) is 10.5 Å². The quantitative estimate of drug-likeness (QED) is 0.709. The number of rotatable bonds is 6. The maximum absolute atomic E-state index is 12.0. The number of hydrogen-bond donors (Lipinski definition) is 1. The minimum absolute atomic E-state index is 0.180. The SMILES string of the molecule is CS(=O)(=O)c1cccc(-c2ccc(OCc3ccccc3)cc2C(N)=O)c1. The van der Waals surface area contributed by atoms with Crippen molar-refractivity contribution in [3.05, 3.63) is 83.9 Å². The average Bonchev–Trinajstić information content (AvgIpc) is 2.66. The highest BCUT2D eigenvalue weighted by Gasteiger charge is 2.14. The zero-order valence-corrected chi connectivity index (χ0v) is 15.6. The first-order valence-corrected chi connectivity index (χ1v) is 10.1. The van der Waals surface area contributed by atoms with Crippen LogP contribution in [0.3, 0.4) is 0 Å². The molecule has 6 heteroatoms. The summed E-state index contributed by atoms with van der Waals surface area (Å²) in [6.07, 6.45) is 1.14. The minimum Gasteiger partial charge on any atom is -0.489 e. The molecule has 0 heterocycles. The standard InChI is InChI=1S/C21H19NO4S/c1-27(24,25)18-9-5-8-16(12-18)19-11-10-17(13-20(19)21(22)23)26-14-15-6-3-2-4-7-15/h2-13H,14H2,1H3,(H2,22,23). The molecule has 27 heavy (non-hydrogen) atoms. The van der Waals surface area contributed by atoms with E-state index in [1.807, 2.05) is 30.3 Å². The van der Waals surface area contributed by atoms with Crippen LogP contribution in [0.15, 0.2) is 77.7 Å². The largest absolute Gasteiger partial charge is 0.489 e. The van der Waals surface area contributed by atoms with Crippen LogP contribution in [0.4, 0.5) is 0 Å². The molecule has 0 saturated carbocycles. The van der Waals surface area contributed by atoms with Gasteiger partial charge in [0.1, 0.15) is 12.4 Å². The molecule has 0 aromatic heterocycles. The number of hydrogen-bond acceptors (Lipinski definition) is 4. The molecule has 0 aliphatic carbocycles. The second-order valence-electron chi connectivity index (χ2n) is 6.15. The fourth-order valence-electron chi connectivity index (χ4n) is 2.70.